The van der Waals surface area contributed by atoms with Crippen LogP contribution in [0.1, 0.15) is 37.5 Å². The van der Waals surface area contributed by atoms with Crippen LogP contribution in [0.3, 0.4) is 0 Å². The van der Waals surface area contributed by atoms with Gasteiger partial charge in [-0.05, 0) is 44.9 Å². The maximum Gasteiger partial charge on any atom is 0.410 e. The zero-order valence-corrected chi connectivity index (χ0v) is 12.8. The average Bonchev–Trinajstić information content (AvgIpc) is 2.31. The molecule has 0 aliphatic rings. The van der Waals surface area contributed by atoms with Gasteiger partial charge < -0.3 is 9.64 Å². The number of ether oxygens (including phenoxy) is 1. The molecule has 0 N–H and O–H groups in total. The summed E-state index contributed by atoms with van der Waals surface area (Å²) in [6.45, 7) is 11.1. The fourth-order valence-electron chi connectivity index (χ4n) is 1.76. The van der Waals surface area contributed by atoms with Crippen molar-refractivity contribution in [1.29, 1.82) is 0 Å². The summed E-state index contributed by atoms with van der Waals surface area (Å²) in [6.07, 6.45) is 1.14. The molecule has 0 bridgehead atoms. The topological polar surface area (TPSA) is 29.5 Å². The molecule has 3 nitrogen and oxygen atoms in total. The fraction of sp³-hybridized carbons (Fsp3) is 0.438. The smallest absolute Gasteiger partial charge is 0.410 e. The first-order valence-electron chi connectivity index (χ1n) is 6.49. The summed E-state index contributed by atoms with van der Waals surface area (Å²) in [5.74, 6) is -0.346. The first-order chi connectivity index (χ1) is 9.14. The fourth-order valence-corrected chi connectivity index (χ4v) is 1.76. The number of hydrogen-bond donors (Lipinski definition) is 0. The van der Waals surface area contributed by atoms with Gasteiger partial charge >= 0.3 is 6.09 Å². The molecule has 0 atom stereocenters. The Bertz CT molecular complexity index is 518. The number of nitrogens with zero attached hydrogens (tertiary/aromatic N) is 1. The van der Waals surface area contributed by atoms with E-state index in [2.05, 4.69) is 6.58 Å². The summed E-state index contributed by atoms with van der Waals surface area (Å²) in [6, 6.07) is 3.16. The van der Waals surface area contributed by atoms with Gasteiger partial charge in [-0.2, -0.15) is 0 Å². The summed E-state index contributed by atoms with van der Waals surface area (Å²) in [4.78, 5) is 13.2. The Kier molecular flexibility index (Phi) is 4.93. The molecule has 0 aromatic heterocycles. The summed E-state index contributed by atoms with van der Waals surface area (Å²) in [5.41, 5.74) is 1.58. The number of carbonyl (C=O) groups is 1. The Labute approximate surface area is 120 Å². The van der Waals surface area contributed by atoms with Crippen LogP contribution in [0.15, 0.2) is 18.7 Å². The third-order valence-electron chi connectivity index (χ3n) is 2.77. The Balaban J connectivity index is 2.86. The van der Waals surface area contributed by atoms with Crippen LogP contribution in [0.4, 0.5) is 9.18 Å². The summed E-state index contributed by atoms with van der Waals surface area (Å²) < 4.78 is 19.2. The second-order valence-corrected chi connectivity index (χ2v) is 5.84. The van der Waals surface area contributed by atoms with E-state index in [0.717, 1.165) is 11.1 Å². The molecule has 0 saturated heterocycles. The van der Waals surface area contributed by atoms with E-state index >= 15 is 0 Å². The van der Waals surface area contributed by atoms with E-state index in [0.29, 0.717) is 5.56 Å². The van der Waals surface area contributed by atoms with Gasteiger partial charge in [0.05, 0.1) is 6.54 Å². The van der Waals surface area contributed by atoms with Crippen molar-refractivity contribution in [3.63, 3.8) is 0 Å². The zero-order chi connectivity index (χ0) is 15.5. The van der Waals surface area contributed by atoms with Crippen LogP contribution < -0.4 is 0 Å². The summed E-state index contributed by atoms with van der Waals surface area (Å²) in [5, 5.41) is 0. The molecule has 0 aliphatic heterocycles. The van der Waals surface area contributed by atoms with Gasteiger partial charge in [0, 0.05) is 12.6 Å². The Morgan fingerprint density at radius 1 is 1.45 bits per heavy atom. The lowest BCUT2D eigenvalue weighted by molar-refractivity contribution is 0.0283. The number of benzene rings is 1. The van der Waals surface area contributed by atoms with Gasteiger partial charge in [-0.25, -0.2) is 9.18 Å². The van der Waals surface area contributed by atoms with Gasteiger partial charge in [-0.15, -0.1) is 0 Å². The SMILES string of the molecule is C=Cc1cc(F)c(CN(C)C(=O)OC(C)(C)C)cc1C. The highest BCUT2D eigenvalue weighted by Gasteiger charge is 2.20. The second-order valence-electron chi connectivity index (χ2n) is 5.84. The third kappa shape index (κ3) is 4.37. The molecule has 1 amide bonds. The van der Waals surface area contributed by atoms with E-state index in [1.165, 1.54) is 11.0 Å². The Morgan fingerprint density at radius 3 is 2.55 bits per heavy atom. The maximum absolute atomic E-state index is 14.0. The molecule has 0 fully saturated rings. The predicted molar refractivity (Wildman–Crippen MR) is 78.9 cm³/mol. The van der Waals surface area contributed by atoms with Gasteiger partial charge in [0.1, 0.15) is 11.4 Å². The predicted octanol–water partition coefficient (Wildman–Crippen LogP) is 4.14. The molecule has 20 heavy (non-hydrogen) atoms. The Hall–Kier alpha value is -1.84. The van der Waals surface area contributed by atoms with Crippen LogP contribution in [0, 0.1) is 12.7 Å². The van der Waals surface area contributed by atoms with Gasteiger partial charge in [0.2, 0.25) is 0 Å². The highest BCUT2D eigenvalue weighted by molar-refractivity contribution is 5.67. The third-order valence-corrected chi connectivity index (χ3v) is 2.77. The molecule has 0 aliphatic carbocycles. The van der Waals surface area contributed by atoms with Crippen LogP contribution in [-0.2, 0) is 11.3 Å². The summed E-state index contributed by atoms with van der Waals surface area (Å²) >= 11 is 0. The highest BCUT2D eigenvalue weighted by atomic mass is 19.1. The van der Waals surface area contributed by atoms with E-state index < -0.39 is 11.7 Å². The largest absolute Gasteiger partial charge is 0.444 e. The van der Waals surface area contributed by atoms with Gasteiger partial charge in [0.15, 0.2) is 0 Å². The van der Waals surface area contributed by atoms with Gasteiger partial charge in [-0.3, -0.25) is 0 Å². The van der Waals surface area contributed by atoms with Crippen molar-refractivity contribution >= 4 is 12.2 Å². The molecule has 0 unspecified atom stereocenters. The first kappa shape index (κ1) is 16.2. The monoisotopic (exact) mass is 279 g/mol. The molecule has 0 spiro atoms. The van der Waals surface area contributed by atoms with Crippen LogP contribution in [0.25, 0.3) is 6.08 Å². The molecule has 1 rings (SSSR count). The van der Waals surface area contributed by atoms with E-state index in [1.807, 2.05) is 6.92 Å². The van der Waals surface area contributed by atoms with Crippen molar-refractivity contribution in [3.8, 4) is 0 Å². The molecule has 1 aromatic rings. The van der Waals surface area contributed by atoms with Crippen LogP contribution in [0.2, 0.25) is 0 Å². The summed E-state index contributed by atoms with van der Waals surface area (Å²) in [7, 11) is 1.59. The van der Waals surface area contributed by atoms with E-state index in [4.69, 9.17) is 4.74 Å². The molecule has 0 radical (unpaired) electrons. The lowest BCUT2D eigenvalue weighted by atomic mass is 10.0. The van der Waals surface area contributed by atoms with Gasteiger partial charge in [-0.1, -0.05) is 18.7 Å². The normalized spacial score (nSPS) is 11.1. The minimum absolute atomic E-state index is 0.166. The van der Waals surface area contributed by atoms with Crippen molar-refractivity contribution in [2.24, 2.45) is 0 Å². The van der Waals surface area contributed by atoms with Crippen LogP contribution in [0.5, 0.6) is 0 Å². The van der Waals surface area contributed by atoms with Crippen LogP contribution >= 0.6 is 0 Å². The molecular weight excluding hydrogens is 257 g/mol. The lowest BCUT2D eigenvalue weighted by Crippen LogP contribution is -2.34. The zero-order valence-electron chi connectivity index (χ0n) is 12.8. The van der Waals surface area contributed by atoms with Crippen molar-refractivity contribution in [2.75, 3.05) is 7.05 Å². The van der Waals surface area contributed by atoms with E-state index in [1.54, 1.807) is 40.0 Å². The minimum atomic E-state index is -0.563. The Morgan fingerprint density at radius 2 is 2.05 bits per heavy atom. The second kappa shape index (κ2) is 6.07. The van der Waals surface area contributed by atoms with Gasteiger partial charge in [0.25, 0.3) is 0 Å². The van der Waals surface area contributed by atoms with Crippen molar-refractivity contribution < 1.29 is 13.9 Å². The number of rotatable bonds is 3. The molecule has 0 heterocycles. The van der Waals surface area contributed by atoms with Crippen molar-refractivity contribution in [3.05, 3.63) is 41.2 Å². The average molecular weight is 279 g/mol. The van der Waals surface area contributed by atoms with E-state index in [-0.39, 0.29) is 12.4 Å². The molecule has 4 heteroatoms. The quantitative estimate of drug-likeness (QED) is 0.832. The number of amides is 1. The standard InChI is InChI=1S/C16H22FNO2/c1-7-12-9-14(17)13(8-11(12)2)10-18(6)15(19)20-16(3,4)5/h7-9H,1,10H2,2-6H3. The highest BCUT2D eigenvalue weighted by Crippen LogP contribution is 2.18. The molecular formula is C16H22FNO2. The van der Waals surface area contributed by atoms with E-state index in [9.17, 15) is 9.18 Å². The number of halogens is 1. The lowest BCUT2D eigenvalue weighted by Gasteiger charge is -2.25. The molecule has 1 aromatic carbocycles. The molecule has 110 valence electrons. The molecule has 0 saturated carbocycles. The van der Waals surface area contributed by atoms with Crippen molar-refractivity contribution in [2.45, 2.75) is 39.8 Å². The number of hydrogen-bond acceptors (Lipinski definition) is 2. The number of carbonyl (C=O) groups excluding carboxylic acids is 1. The first-order valence-corrected chi connectivity index (χ1v) is 6.49. The minimum Gasteiger partial charge on any atom is -0.444 e. The van der Waals surface area contributed by atoms with Crippen LogP contribution in [-0.4, -0.2) is 23.6 Å². The van der Waals surface area contributed by atoms with Crippen molar-refractivity contribution in [1.82, 2.24) is 4.90 Å². The number of aryl methyl sites for hydroxylation is 1. The maximum atomic E-state index is 14.0.